The van der Waals surface area contributed by atoms with Gasteiger partial charge in [-0.3, -0.25) is 9.69 Å². The number of ether oxygens (including phenoxy) is 1. The third-order valence-electron chi connectivity index (χ3n) is 5.18. The summed E-state index contributed by atoms with van der Waals surface area (Å²) in [5.41, 5.74) is 3.11. The number of hydrogen-bond acceptors (Lipinski definition) is 6. The fourth-order valence-corrected chi connectivity index (χ4v) is 4.89. The zero-order valence-corrected chi connectivity index (χ0v) is 18.4. The molecule has 2 saturated heterocycles. The van der Waals surface area contributed by atoms with Crippen molar-refractivity contribution in [3.8, 4) is 0 Å². The number of fused-ring (bicyclic) bond motifs is 1. The largest absolute Gasteiger partial charge is 0.378 e. The topological polar surface area (TPSA) is 45.7 Å². The predicted molar refractivity (Wildman–Crippen MR) is 124 cm³/mol. The summed E-state index contributed by atoms with van der Waals surface area (Å²) in [6.45, 7) is 7.84. The van der Waals surface area contributed by atoms with Gasteiger partial charge in [0, 0.05) is 30.6 Å². The second kappa shape index (κ2) is 8.81. The van der Waals surface area contributed by atoms with E-state index >= 15 is 0 Å². The second-order valence-corrected chi connectivity index (χ2v) is 9.06. The van der Waals surface area contributed by atoms with Crippen molar-refractivity contribution in [2.24, 2.45) is 0 Å². The van der Waals surface area contributed by atoms with Crippen molar-refractivity contribution < 1.29 is 9.53 Å². The Bertz CT molecular complexity index is 983. The van der Waals surface area contributed by atoms with Gasteiger partial charge in [-0.2, -0.15) is 0 Å². The Hall–Kier alpha value is -1.96. The van der Waals surface area contributed by atoms with Crippen LogP contribution in [0.15, 0.2) is 29.2 Å². The lowest BCUT2D eigenvalue weighted by atomic mass is 10.1. The molecule has 2 aromatic rings. The average molecular weight is 428 g/mol. The van der Waals surface area contributed by atoms with Crippen LogP contribution in [0.1, 0.15) is 30.9 Å². The van der Waals surface area contributed by atoms with Crippen molar-refractivity contribution in [2.75, 3.05) is 37.7 Å². The molecule has 29 heavy (non-hydrogen) atoms. The molecule has 0 atom stereocenters. The van der Waals surface area contributed by atoms with Crippen molar-refractivity contribution in [3.63, 3.8) is 0 Å². The Labute approximate surface area is 181 Å². The van der Waals surface area contributed by atoms with Crippen molar-refractivity contribution >= 4 is 57.0 Å². The Kier molecular flexibility index (Phi) is 6.18. The van der Waals surface area contributed by atoms with Crippen LogP contribution in [0.25, 0.3) is 17.0 Å². The van der Waals surface area contributed by atoms with Gasteiger partial charge < -0.3 is 9.64 Å². The second-order valence-electron chi connectivity index (χ2n) is 7.38. The minimum absolute atomic E-state index is 0.00529. The van der Waals surface area contributed by atoms with Crippen LogP contribution in [0.4, 0.5) is 5.82 Å². The van der Waals surface area contributed by atoms with Crippen molar-refractivity contribution in [2.45, 2.75) is 26.7 Å². The molecule has 2 aliphatic rings. The van der Waals surface area contributed by atoms with Gasteiger partial charge >= 0.3 is 0 Å². The van der Waals surface area contributed by atoms with Crippen LogP contribution in [0.3, 0.4) is 0 Å². The highest BCUT2D eigenvalue weighted by Crippen LogP contribution is 2.35. The maximum absolute atomic E-state index is 12.9. The summed E-state index contributed by atoms with van der Waals surface area (Å²) in [5.74, 6) is 0.911. The summed E-state index contributed by atoms with van der Waals surface area (Å²) in [6.07, 6.45) is 3.95. The first-order chi connectivity index (χ1) is 14.1. The van der Waals surface area contributed by atoms with Crippen molar-refractivity contribution in [1.29, 1.82) is 0 Å². The van der Waals surface area contributed by atoms with Crippen LogP contribution in [0.2, 0.25) is 0 Å². The zero-order valence-electron chi connectivity index (χ0n) is 16.8. The van der Waals surface area contributed by atoms with E-state index in [0.29, 0.717) is 29.0 Å². The van der Waals surface area contributed by atoms with Gasteiger partial charge in [-0.15, -0.1) is 0 Å². The lowest BCUT2D eigenvalue weighted by molar-refractivity contribution is -0.122. The lowest BCUT2D eigenvalue weighted by Gasteiger charge is -2.29. The fraction of sp³-hybridized carbons (Fsp3) is 0.409. The van der Waals surface area contributed by atoms with Crippen LogP contribution in [0, 0.1) is 6.92 Å². The molecule has 1 aromatic heterocycles. The van der Waals surface area contributed by atoms with E-state index in [-0.39, 0.29) is 5.91 Å². The molecule has 0 bridgehead atoms. The number of aromatic nitrogens is 1. The number of hydrogen-bond donors (Lipinski definition) is 0. The molecule has 3 heterocycles. The number of benzene rings is 1. The number of aryl methyl sites for hydroxylation is 1. The molecule has 4 rings (SSSR count). The molecule has 0 aliphatic carbocycles. The van der Waals surface area contributed by atoms with Crippen LogP contribution in [-0.4, -0.2) is 53.0 Å². The first-order valence-electron chi connectivity index (χ1n) is 10.1. The van der Waals surface area contributed by atoms with Crippen LogP contribution < -0.4 is 4.90 Å². The van der Waals surface area contributed by atoms with Crippen LogP contribution in [-0.2, 0) is 9.53 Å². The van der Waals surface area contributed by atoms with Gasteiger partial charge in [0.2, 0.25) is 0 Å². The summed E-state index contributed by atoms with van der Waals surface area (Å²) in [6, 6.07) is 8.41. The first-order valence-corrected chi connectivity index (χ1v) is 11.3. The number of thioether (sulfide) groups is 1. The predicted octanol–water partition coefficient (Wildman–Crippen LogP) is 4.38. The maximum atomic E-state index is 12.9. The third-order valence-corrected chi connectivity index (χ3v) is 6.56. The summed E-state index contributed by atoms with van der Waals surface area (Å²) in [4.78, 5) is 22.5. The molecule has 2 aliphatic heterocycles. The Morgan fingerprint density at radius 2 is 2.07 bits per heavy atom. The van der Waals surface area contributed by atoms with E-state index in [1.54, 1.807) is 4.90 Å². The maximum Gasteiger partial charge on any atom is 0.266 e. The molecule has 1 aromatic carbocycles. The Morgan fingerprint density at radius 1 is 1.28 bits per heavy atom. The molecule has 5 nitrogen and oxygen atoms in total. The third kappa shape index (κ3) is 4.32. The number of pyridine rings is 1. The van der Waals surface area contributed by atoms with E-state index in [0.717, 1.165) is 48.2 Å². The van der Waals surface area contributed by atoms with Gasteiger partial charge in [-0.05, 0) is 37.6 Å². The highest BCUT2D eigenvalue weighted by atomic mass is 32.2. The van der Waals surface area contributed by atoms with Crippen LogP contribution >= 0.6 is 24.0 Å². The summed E-state index contributed by atoms with van der Waals surface area (Å²) in [5, 5.41) is 1.08. The molecule has 0 spiro atoms. The van der Waals surface area contributed by atoms with Gasteiger partial charge in [0.25, 0.3) is 5.91 Å². The Balaban J connectivity index is 1.76. The number of rotatable bonds is 5. The normalized spacial score (nSPS) is 19.0. The van der Waals surface area contributed by atoms with Gasteiger partial charge in [0.15, 0.2) is 0 Å². The molecule has 0 saturated carbocycles. The van der Waals surface area contributed by atoms with Gasteiger partial charge in [-0.1, -0.05) is 49.0 Å². The first kappa shape index (κ1) is 20.3. The summed E-state index contributed by atoms with van der Waals surface area (Å²) in [7, 11) is 0. The molecule has 152 valence electrons. The number of carbonyl (C=O) groups is 1. The molecule has 0 radical (unpaired) electrons. The summed E-state index contributed by atoms with van der Waals surface area (Å²) < 4.78 is 6.16. The van der Waals surface area contributed by atoms with Crippen molar-refractivity contribution in [1.82, 2.24) is 9.88 Å². The SMILES string of the molecule is CCCCN1C(=O)/C(=C/c2cc3cc(C)ccc3nc2N2CCOCC2)SC1=S. The molecular weight excluding hydrogens is 402 g/mol. The number of anilines is 1. The number of morpholine rings is 1. The molecule has 0 unspecified atom stereocenters. The van der Waals surface area contributed by atoms with Gasteiger partial charge in [0.1, 0.15) is 10.1 Å². The minimum atomic E-state index is 0.00529. The number of nitrogens with zero attached hydrogens (tertiary/aromatic N) is 3. The lowest BCUT2D eigenvalue weighted by Crippen LogP contribution is -2.37. The van der Waals surface area contributed by atoms with Gasteiger partial charge in [0.05, 0.1) is 23.6 Å². The van der Waals surface area contributed by atoms with Crippen molar-refractivity contribution in [3.05, 3.63) is 40.3 Å². The molecular formula is C22H25N3O2S2. The van der Waals surface area contributed by atoms with E-state index in [2.05, 4.69) is 43.0 Å². The number of thiocarbonyl (C=S) groups is 1. The summed E-state index contributed by atoms with van der Waals surface area (Å²) >= 11 is 6.85. The average Bonchev–Trinajstić information content (AvgIpc) is 2.99. The van der Waals surface area contributed by atoms with E-state index in [1.165, 1.54) is 17.3 Å². The quantitative estimate of drug-likeness (QED) is 0.521. The number of unbranched alkanes of at least 4 members (excludes halogenated alkanes) is 1. The molecule has 0 N–H and O–H groups in total. The molecule has 2 fully saturated rings. The van der Waals surface area contributed by atoms with Gasteiger partial charge in [-0.25, -0.2) is 4.98 Å². The highest BCUT2D eigenvalue weighted by molar-refractivity contribution is 8.26. The van der Waals surface area contributed by atoms with E-state index in [1.807, 2.05) is 6.08 Å². The van der Waals surface area contributed by atoms with E-state index in [9.17, 15) is 4.79 Å². The Morgan fingerprint density at radius 3 is 2.83 bits per heavy atom. The van der Waals surface area contributed by atoms with E-state index in [4.69, 9.17) is 21.9 Å². The smallest absolute Gasteiger partial charge is 0.266 e. The minimum Gasteiger partial charge on any atom is -0.378 e. The molecule has 7 heteroatoms. The number of amides is 1. The zero-order chi connectivity index (χ0) is 20.4. The molecule has 1 amide bonds. The highest BCUT2D eigenvalue weighted by Gasteiger charge is 2.32. The van der Waals surface area contributed by atoms with Crippen LogP contribution in [0.5, 0.6) is 0 Å². The standard InChI is InChI=1S/C22H25N3O2S2/c1-3-4-7-25-21(26)19(29-22(25)28)14-17-13-16-12-15(2)5-6-18(16)23-20(17)24-8-10-27-11-9-24/h5-6,12-14H,3-4,7-11H2,1-2H3/b19-14-. The van der Waals surface area contributed by atoms with E-state index < -0.39 is 0 Å². The number of carbonyl (C=O) groups excluding carboxylic acids is 1. The monoisotopic (exact) mass is 427 g/mol. The fourth-order valence-electron chi connectivity index (χ4n) is 3.59.